The lowest BCUT2D eigenvalue weighted by Crippen LogP contribution is -2.51. The van der Waals surface area contributed by atoms with Crippen molar-refractivity contribution in [3.05, 3.63) is 65.9 Å². The van der Waals surface area contributed by atoms with Crippen LogP contribution in [0.25, 0.3) is 11.0 Å². The Morgan fingerprint density at radius 2 is 1.85 bits per heavy atom. The molecule has 1 fully saturated rings. The first-order valence-electron chi connectivity index (χ1n) is 9.01. The first kappa shape index (κ1) is 16.5. The molecule has 2 amide bonds. The standard InChI is InChI=1S/C21H23N3O2/c1-16-5-4-7-18(13-16)23-9-11-24(12-10-23)21(25)22-15-19-14-17-6-2-3-8-20(17)26-19/h2-8,13-14H,9-12,15H2,1H3,(H,22,25). The van der Waals surface area contributed by atoms with E-state index in [4.69, 9.17) is 4.42 Å². The van der Waals surface area contributed by atoms with Crippen molar-refractivity contribution in [3.8, 4) is 0 Å². The highest BCUT2D eigenvalue weighted by Crippen LogP contribution is 2.19. The fourth-order valence-electron chi connectivity index (χ4n) is 3.39. The number of nitrogens with zero attached hydrogens (tertiary/aromatic N) is 2. The molecule has 1 aliphatic rings. The van der Waals surface area contributed by atoms with Gasteiger partial charge in [-0.05, 0) is 36.8 Å². The van der Waals surface area contributed by atoms with Crippen LogP contribution in [0.2, 0.25) is 0 Å². The average molecular weight is 349 g/mol. The minimum atomic E-state index is -0.0330. The molecular formula is C21H23N3O2. The summed E-state index contributed by atoms with van der Waals surface area (Å²) in [5, 5.41) is 4.03. The molecule has 3 aromatic rings. The molecule has 0 unspecified atom stereocenters. The Morgan fingerprint density at radius 3 is 2.62 bits per heavy atom. The summed E-state index contributed by atoms with van der Waals surface area (Å²) in [7, 11) is 0. The van der Waals surface area contributed by atoms with Crippen LogP contribution >= 0.6 is 0 Å². The molecule has 1 N–H and O–H groups in total. The van der Waals surface area contributed by atoms with Crippen LogP contribution in [0.4, 0.5) is 10.5 Å². The molecule has 4 rings (SSSR count). The predicted molar refractivity (Wildman–Crippen MR) is 103 cm³/mol. The van der Waals surface area contributed by atoms with Crippen molar-refractivity contribution < 1.29 is 9.21 Å². The van der Waals surface area contributed by atoms with Gasteiger partial charge in [0.2, 0.25) is 0 Å². The van der Waals surface area contributed by atoms with E-state index in [1.165, 1.54) is 11.3 Å². The van der Waals surface area contributed by atoms with Gasteiger partial charge in [-0.15, -0.1) is 0 Å². The van der Waals surface area contributed by atoms with E-state index in [1.54, 1.807) is 0 Å². The number of aryl methyl sites for hydroxylation is 1. The highest BCUT2D eigenvalue weighted by atomic mass is 16.3. The van der Waals surface area contributed by atoms with E-state index in [-0.39, 0.29) is 6.03 Å². The van der Waals surface area contributed by atoms with E-state index < -0.39 is 0 Å². The highest BCUT2D eigenvalue weighted by molar-refractivity contribution is 5.78. The van der Waals surface area contributed by atoms with Crippen molar-refractivity contribution in [1.82, 2.24) is 10.2 Å². The Morgan fingerprint density at radius 1 is 1.04 bits per heavy atom. The largest absolute Gasteiger partial charge is 0.459 e. The molecule has 26 heavy (non-hydrogen) atoms. The number of anilines is 1. The summed E-state index contributed by atoms with van der Waals surface area (Å²) in [6.45, 7) is 5.65. The van der Waals surface area contributed by atoms with Crippen LogP contribution in [0.1, 0.15) is 11.3 Å². The zero-order valence-corrected chi connectivity index (χ0v) is 14.9. The van der Waals surface area contributed by atoms with Crippen molar-refractivity contribution in [1.29, 1.82) is 0 Å². The SMILES string of the molecule is Cc1cccc(N2CCN(C(=O)NCc3cc4ccccc4o3)CC2)c1. The van der Waals surface area contributed by atoms with E-state index in [2.05, 4.69) is 41.4 Å². The van der Waals surface area contributed by atoms with Gasteiger partial charge < -0.3 is 19.5 Å². The number of hydrogen-bond acceptors (Lipinski definition) is 3. The average Bonchev–Trinajstić information content (AvgIpc) is 3.09. The third-order valence-electron chi connectivity index (χ3n) is 4.82. The van der Waals surface area contributed by atoms with E-state index >= 15 is 0 Å². The molecule has 2 heterocycles. The van der Waals surface area contributed by atoms with Crippen LogP contribution in [-0.2, 0) is 6.54 Å². The molecule has 134 valence electrons. The third kappa shape index (κ3) is 3.52. The van der Waals surface area contributed by atoms with E-state index in [0.29, 0.717) is 6.54 Å². The Bertz CT molecular complexity index is 877. The van der Waals surface area contributed by atoms with Gasteiger partial charge in [-0.2, -0.15) is 0 Å². The summed E-state index contributed by atoms with van der Waals surface area (Å²) in [4.78, 5) is 16.6. The number of urea groups is 1. The first-order chi connectivity index (χ1) is 12.7. The topological polar surface area (TPSA) is 48.7 Å². The normalized spacial score (nSPS) is 14.7. The van der Waals surface area contributed by atoms with Crippen LogP contribution in [0.5, 0.6) is 0 Å². The van der Waals surface area contributed by atoms with E-state index in [1.807, 2.05) is 35.2 Å². The zero-order chi connectivity index (χ0) is 17.9. The summed E-state index contributed by atoms with van der Waals surface area (Å²) in [6, 6.07) is 18.3. The van der Waals surface area contributed by atoms with Crippen LogP contribution < -0.4 is 10.2 Å². The summed E-state index contributed by atoms with van der Waals surface area (Å²) in [6.07, 6.45) is 0. The van der Waals surface area contributed by atoms with Gasteiger partial charge in [0, 0.05) is 37.3 Å². The molecule has 0 saturated carbocycles. The minimum Gasteiger partial charge on any atom is -0.459 e. The van der Waals surface area contributed by atoms with Crippen LogP contribution in [0, 0.1) is 6.92 Å². The summed E-state index contributed by atoms with van der Waals surface area (Å²) >= 11 is 0. The Hall–Kier alpha value is -2.95. The molecule has 0 bridgehead atoms. The van der Waals surface area contributed by atoms with Crippen molar-refractivity contribution in [2.24, 2.45) is 0 Å². The maximum atomic E-state index is 12.4. The van der Waals surface area contributed by atoms with Gasteiger partial charge >= 0.3 is 6.03 Å². The smallest absolute Gasteiger partial charge is 0.317 e. The Labute approximate surface area is 153 Å². The van der Waals surface area contributed by atoms with Crippen molar-refractivity contribution in [2.45, 2.75) is 13.5 Å². The van der Waals surface area contributed by atoms with Gasteiger partial charge in [0.15, 0.2) is 0 Å². The lowest BCUT2D eigenvalue weighted by Gasteiger charge is -2.36. The molecule has 0 aliphatic carbocycles. The van der Waals surface area contributed by atoms with Crippen LogP contribution in [-0.4, -0.2) is 37.1 Å². The number of benzene rings is 2. The van der Waals surface area contributed by atoms with Crippen LogP contribution in [0.3, 0.4) is 0 Å². The monoisotopic (exact) mass is 349 g/mol. The lowest BCUT2D eigenvalue weighted by atomic mass is 10.2. The van der Waals surface area contributed by atoms with Crippen molar-refractivity contribution >= 4 is 22.7 Å². The molecule has 1 saturated heterocycles. The zero-order valence-electron chi connectivity index (χ0n) is 14.9. The van der Waals surface area contributed by atoms with E-state index in [9.17, 15) is 4.79 Å². The number of furan rings is 1. The second kappa shape index (κ2) is 7.12. The van der Waals surface area contributed by atoms with Gasteiger partial charge in [0.25, 0.3) is 0 Å². The summed E-state index contributed by atoms with van der Waals surface area (Å²) < 4.78 is 5.75. The molecule has 5 heteroatoms. The molecule has 1 aromatic heterocycles. The van der Waals surface area contributed by atoms with Gasteiger partial charge in [-0.25, -0.2) is 4.79 Å². The quantitative estimate of drug-likeness (QED) is 0.783. The number of nitrogens with one attached hydrogen (secondary N) is 1. The molecule has 0 radical (unpaired) electrons. The molecule has 2 aromatic carbocycles. The number of carbonyl (C=O) groups is 1. The van der Waals surface area contributed by atoms with Crippen molar-refractivity contribution in [2.75, 3.05) is 31.1 Å². The second-order valence-electron chi connectivity index (χ2n) is 6.72. The number of para-hydroxylation sites is 1. The molecule has 0 spiro atoms. The number of amides is 2. The van der Waals surface area contributed by atoms with Gasteiger partial charge in [0.1, 0.15) is 11.3 Å². The Balaban J connectivity index is 1.30. The number of rotatable bonds is 3. The van der Waals surface area contributed by atoms with Crippen molar-refractivity contribution in [3.63, 3.8) is 0 Å². The fraction of sp³-hybridized carbons (Fsp3) is 0.286. The number of hydrogen-bond donors (Lipinski definition) is 1. The molecule has 1 aliphatic heterocycles. The Kier molecular flexibility index (Phi) is 4.52. The minimum absolute atomic E-state index is 0.0330. The van der Waals surface area contributed by atoms with Gasteiger partial charge in [-0.3, -0.25) is 0 Å². The predicted octanol–water partition coefficient (Wildman–Crippen LogP) is 3.77. The maximum absolute atomic E-state index is 12.4. The number of carbonyl (C=O) groups excluding carboxylic acids is 1. The molecular weight excluding hydrogens is 326 g/mol. The van der Waals surface area contributed by atoms with Gasteiger partial charge in [0.05, 0.1) is 6.54 Å². The summed E-state index contributed by atoms with van der Waals surface area (Å²) in [5.41, 5.74) is 3.34. The second-order valence-corrected chi connectivity index (χ2v) is 6.72. The summed E-state index contributed by atoms with van der Waals surface area (Å²) in [5.74, 6) is 0.776. The number of fused-ring (bicyclic) bond motifs is 1. The van der Waals surface area contributed by atoms with Gasteiger partial charge in [-0.1, -0.05) is 30.3 Å². The fourth-order valence-corrected chi connectivity index (χ4v) is 3.39. The highest BCUT2D eigenvalue weighted by Gasteiger charge is 2.21. The maximum Gasteiger partial charge on any atom is 0.317 e. The lowest BCUT2D eigenvalue weighted by molar-refractivity contribution is 0.193. The first-order valence-corrected chi connectivity index (χ1v) is 9.01. The van der Waals surface area contributed by atoms with E-state index in [0.717, 1.165) is 42.9 Å². The van der Waals surface area contributed by atoms with Crippen LogP contribution in [0.15, 0.2) is 59.0 Å². The molecule has 5 nitrogen and oxygen atoms in total. The molecule has 0 atom stereocenters. The third-order valence-corrected chi connectivity index (χ3v) is 4.82. The number of piperazine rings is 1.